The number of nitrogens with one attached hydrogen (secondary N) is 1. The normalized spacial score (nSPS) is 26.5. The van der Waals surface area contributed by atoms with E-state index in [0.29, 0.717) is 29.2 Å². The maximum Gasteiger partial charge on any atom is 0.253 e. The SMILES string of the molecule is COc1ccc(N2C(=O)[C@H]3[C@H](C)N[C@]4(C(=O)N(CC(=O)N5CCc6ccccc65)c5ccccc54)[C@@H]3C2=O)cc1. The standard InChI is InChI=1S/C31H28N4O5/c1-18-26-27(29(38)35(28(26)37)20-11-13-21(40-2)14-12-20)31(32-18)22-8-4-6-10-24(22)34(30(31)39)17-25(36)33-16-15-19-7-3-5-9-23(19)33/h3-14,18,26-27,32H,15-17H2,1-2H3/t18-,26-,27-,31-/m0/s1. The summed E-state index contributed by atoms with van der Waals surface area (Å²) in [4.78, 5) is 60.2. The fraction of sp³-hybridized carbons (Fsp3) is 0.290. The van der Waals surface area contributed by atoms with E-state index in [1.807, 2.05) is 49.4 Å². The highest BCUT2D eigenvalue weighted by molar-refractivity contribution is 6.26. The lowest BCUT2D eigenvalue weighted by Crippen LogP contribution is -2.56. The number of nitrogens with zero attached hydrogens (tertiary/aromatic N) is 3. The zero-order valence-electron chi connectivity index (χ0n) is 22.2. The van der Waals surface area contributed by atoms with E-state index in [0.717, 1.165) is 17.7 Å². The first-order valence-corrected chi connectivity index (χ1v) is 13.5. The summed E-state index contributed by atoms with van der Waals surface area (Å²) >= 11 is 0. The third kappa shape index (κ3) is 3.18. The highest BCUT2D eigenvalue weighted by Crippen LogP contribution is 2.55. The lowest BCUT2D eigenvalue weighted by Gasteiger charge is -2.30. The Labute approximate surface area is 231 Å². The van der Waals surface area contributed by atoms with Crippen LogP contribution in [0.15, 0.2) is 72.8 Å². The maximum atomic E-state index is 14.4. The van der Waals surface area contributed by atoms with Gasteiger partial charge in [-0.3, -0.25) is 24.5 Å². The van der Waals surface area contributed by atoms with Gasteiger partial charge in [0, 0.05) is 29.5 Å². The number of carbonyl (C=O) groups is 4. The molecule has 0 aromatic heterocycles. The van der Waals surface area contributed by atoms with Gasteiger partial charge in [0.15, 0.2) is 0 Å². The van der Waals surface area contributed by atoms with Gasteiger partial charge < -0.3 is 14.5 Å². The smallest absolute Gasteiger partial charge is 0.253 e. The molecule has 9 heteroatoms. The van der Waals surface area contributed by atoms with Crippen LogP contribution in [0, 0.1) is 11.8 Å². The minimum absolute atomic E-state index is 0.163. The first-order chi connectivity index (χ1) is 19.4. The minimum atomic E-state index is -1.45. The van der Waals surface area contributed by atoms with Crippen LogP contribution in [-0.4, -0.2) is 49.9 Å². The Morgan fingerprint density at radius 3 is 2.40 bits per heavy atom. The van der Waals surface area contributed by atoms with E-state index in [1.165, 1.54) is 9.80 Å². The molecule has 9 nitrogen and oxygen atoms in total. The lowest BCUT2D eigenvalue weighted by molar-refractivity contribution is -0.132. The molecule has 0 aliphatic carbocycles. The average Bonchev–Trinajstić information content (AvgIpc) is 3.67. The van der Waals surface area contributed by atoms with Crippen molar-refractivity contribution in [2.75, 3.05) is 34.9 Å². The number of methoxy groups -OCH3 is 1. The van der Waals surface area contributed by atoms with Gasteiger partial charge >= 0.3 is 0 Å². The molecule has 3 aromatic rings. The van der Waals surface area contributed by atoms with E-state index in [9.17, 15) is 19.2 Å². The quantitative estimate of drug-likeness (QED) is 0.515. The van der Waals surface area contributed by atoms with Gasteiger partial charge in [0.1, 0.15) is 17.8 Å². The van der Waals surface area contributed by atoms with Crippen LogP contribution in [0.4, 0.5) is 17.1 Å². The van der Waals surface area contributed by atoms with Gasteiger partial charge in [0.05, 0.1) is 24.6 Å². The zero-order valence-corrected chi connectivity index (χ0v) is 22.2. The Balaban J connectivity index is 1.26. The Morgan fingerprint density at radius 2 is 1.65 bits per heavy atom. The van der Waals surface area contributed by atoms with Crippen molar-refractivity contribution >= 4 is 40.7 Å². The molecule has 40 heavy (non-hydrogen) atoms. The summed E-state index contributed by atoms with van der Waals surface area (Å²) in [5.74, 6) is -2.41. The van der Waals surface area contributed by atoms with Crippen LogP contribution in [0.1, 0.15) is 18.1 Å². The maximum absolute atomic E-state index is 14.4. The van der Waals surface area contributed by atoms with Crippen molar-refractivity contribution in [2.45, 2.75) is 24.9 Å². The van der Waals surface area contributed by atoms with Crippen LogP contribution in [0.5, 0.6) is 5.75 Å². The molecule has 4 aliphatic heterocycles. The van der Waals surface area contributed by atoms with Gasteiger partial charge in [0.25, 0.3) is 5.91 Å². The third-order valence-electron chi connectivity index (χ3n) is 8.83. The molecule has 3 aromatic carbocycles. The molecule has 0 unspecified atom stereocenters. The van der Waals surface area contributed by atoms with Gasteiger partial charge in [-0.2, -0.15) is 0 Å². The van der Waals surface area contributed by atoms with E-state index in [1.54, 1.807) is 42.3 Å². The monoisotopic (exact) mass is 536 g/mol. The van der Waals surface area contributed by atoms with E-state index in [-0.39, 0.29) is 24.3 Å². The van der Waals surface area contributed by atoms with Crippen LogP contribution in [0.3, 0.4) is 0 Å². The topological polar surface area (TPSA) is 99.3 Å². The molecule has 2 saturated heterocycles. The zero-order chi connectivity index (χ0) is 27.8. The van der Waals surface area contributed by atoms with Gasteiger partial charge in [-0.1, -0.05) is 36.4 Å². The molecule has 0 bridgehead atoms. The third-order valence-corrected chi connectivity index (χ3v) is 8.83. The highest BCUT2D eigenvalue weighted by Gasteiger charge is 2.71. The van der Waals surface area contributed by atoms with E-state index < -0.39 is 29.3 Å². The molecular formula is C31H28N4O5. The Bertz CT molecular complexity index is 1590. The Hall–Kier alpha value is -4.50. The summed E-state index contributed by atoms with van der Waals surface area (Å²) in [5, 5.41) is 3.37. The van der Waals surface area contributed by atoms with Crippen LogP contribution in [-0.2, 0) is 31.1 Å². The molecule has 1 spiro atoms. The summed E-state index contributed by atoms with van der Waals surface area (Å²) in [6.45, 7) is 2.22. The van der Waals surface area contributed by atoms with Gasteiger partial charge in [0.2, 0.25) is 17.7 Å². The fourth-order valence-electron chi connectivity index (χ4n) is 7.07. The summed E-state index contributed by atoms with van der Waals surface area (Å²) < 4.78 is 5.23. The van der Waals surface area contributed by atoms with Crippen molar-refractivity contribution in [3.05, 3.63) is 83.9 Å². The lowest BCUT2D eigenvalue weighted by atomic mass is 9.76. The van der Waals surface area contributed by atoms with E-state index >= 15 is 0 Å². The van der Waals surface area contributed by atoms with Gasteiger partial charge in [-0.15, -0.1) is 0 Å². The Morgan fingerprint density at radius 1 is 0.950 bits per heavy atom. The number of hydrogen-bond donors (Lipinski definition) is 1. The number of hydrogen-bond acceptors (Lipinski definition) is 6. The number of anilines is 3. The molecule has 0 saturated carbocycles. The van der Waals surface area contributed by atoms with Crippen molar-refractivity contribution < 1.29 is 23.9 Å². The molecule has 4 heterocycles. The fourth-order valence-corrected chi connectivity index (χ4v) is 7.07. The van der Waals surface area contributed by atoms with Crippen molar-refractivity contribution in [2.24, 2.45) is 11.8 Å². The van der Waals surface area contributed by atoms with Gasteiger partial charge in [-0.25, -0.2) is 4.90 Å². The molecular weight excluding hydrogens is 508 g/mol. The summed E-state index contributed by atoms with van der Waals surface area (Å²) in [6.07, 6.45) is 0.761. The number of para-hydroxylation sites is 2. The largest absolute Gasteiger partial charge is 0.497 e. The summed E-state index contributed by atoms with van der Waals surface area (Å²) in [6, 6.07) is 21.3. The summed E-state index contributed by atoms with van der Waals surface area (Å²) in [5.41, 5.74) is 2.15. The minimum Gasteiger partial charge on any atom is -0.497 e. The predicted molar refractivity (Wildman–Crippen MR) is 148 cm³/mol. The van der Waals surface area contributed by atoms with E-state index in [2.05, 4.69) is 5.32 Å². The second-order valence-corrected chi connectivity index (χ2v) is 10.8. The number of fused-ring (bicyclic) bond motifs is 5. The number of imide groups is 1. The first kappa shape index (κ1) is 24.5. The summed E-state index contributed by atoms with van der Waals surface area (Å²) in [7, 11) is 1.55. The number of ether oxygens (including phenoxy) is 1. The van der Waals surface area contributed by atoms with Gasteiger partial charge in [-0.05, 0) is 55.3 Å². The van der Waals surface area contributed by atoms with Crippen molar-refractivity contribution in [1.82, 2.24) is 5.32 Å². The number of rotatable bonds is 4. The van der Waals surface area contributed by atoms with Crippen LogP contribution in [0.2, 0.25) is 0 Å². The molecule has 0 radical (unpaired) electrons. The molecule has 2 fully saturated rings. The first-order valence-electron chi connectivity index (χ1n) is 13.5. The highest BCUT2D eigenvalue weighted by atomic mass is 16.5. The van der Waals surface area contributed by atoms with Crippen molar-refractivity contribution in [3.63, 3.8) is 0 Å². The molecule has 4 amide bonds. The van der Waals surface area contributed by atoms with Crippen molar-refractivity contribution in [1.29, 1.82) is 0 Å². The number of benzene rings is 3. The second-order valence-electron chi connectivity index (χ2n) is 10.8. The predicted octanol–water partition coefficient (Wildman–Crippen LogP) is 2.62. The van der Waals surface area contributed by atoms with Crippen LogP contribution < -0.4 is 24.8 Å². The molecule has 202 valence electrons. The van der Waals surface area contributed by atoms with Crippen LogP contribution >= 0.6 is 0 Å². The molecule has 4 aliphatic rings. The molecule has 1 N–H and O–H groups in total. The second kappa shape index (κ2) is 8.76. The van der Waals surface area contributed by atoms with Crippen molar-refractivity contribution in [3.8, 4) is 5.75 Å². The number of amides is 4. The molecule has 7 rings (SSSR count). The molecule has 4 atom stereocenters. The average molecular weight is 537 g/mol. The number of carbonyl (C=O) groups excluding carboxylic acids is 4. The Kier molecular flexibility index (Phi) is 5.37. The van der Waals surface area contributed by atoms with Crippen LogP contribution in [0.25, 0.3) is 0 Å². The van der Waals surface area contributed by atoms with E-state index in [4.69, 9.17) is 4.74 Å².